The minimum Gasteiger partial charge on any atom is -0.344 e. The molecule has 2 rings (SSSR count). The van der Waals surface area contributed by atoms with E-state index in [1.165, 1.54) is 0 Å². The van der Waals surface area contributed by atoms with Gasteiger partial charge >= 0.3 is 0 Å². The molecule has 11 heavy (non-hydrogen) atoms. The fourth-order valence-corrected chi connectivity index (χ4v) is 1.18. The molecule has 0 spiro atoms. The monoisotopic (exact) mass is 167 g/mol. The summed E-state index contributed by atoms with van der Waals surface area (Å²) in [5.41, 5.74) is 1.92. The molecular formula is C7H6ClN3. The smallest absolute Gasteiger partial charge is 0.160 e. The third-order valence-electron chi connectivity index (χ3n) is 1.61. The Hall–Kier alpha value is -1.09. The predicted octanol–water partition coefficient (Wildman–Crippen LogP) is 1.92. The van der Waals surface area contributed by atoms with E-state index in [1.54, 1.807) is 6.07 Å². The second-order valence-corrected chi connectivity index (χ2v) is 2.79. The molecule has 2 aromatic rings. The molecule has 0 aliphatic heterocycles. The summed E-state index contributed by atoms with van der Waals surface area (Å²) in [6.45, 7) is 2.00. The van der Waals surface area contributed by atoms with Crippen molar-refractivity contribution in [1.82, 2.24) is 15.2 Å². The van der Waals surface area contributed by atoms with E-state index in [9.17, 15) is 0 Å². The topological polar surface area (TPSA) is 41.6 Å². The summed E-state index contributed by atoms with van der Waals surface area (Å²) in [5.74, 6) is 0. The molecule has 0 amide bonds. The first-order chi connectivity index (χ1) is 5.27. The summed E-state index contributed by atoms with van der Waals surface area (Å²) in [6.07, 6.45) is 1.88. The van der Waals surface area contributed by atoms with Gasteiger partial charge in [0.1, 0.15) is 0 Å². The summed E-state index contributed by atoms with van der Waals surface area (Å²) in [6, 6.07) is 1.80. The average molecular weight is 168 g/mol. The van der Waals surface area contributed by atoms with Gasteiger partial charge in [-0.25, -0.2) is 0 Å². The molecule has 1 N–H and O–H groups in total. The molecule has 0 atom stereocenters. The van der Waals surface area contributed by atoms with Crippen LogP contribution in [0.5, 0.6) is 0 Å². The molecule has 2 aromatic heterocycles. The van der Waals surface area contributed by atoms with E-state index in [-0.39, 0.29) is 0 Å². The number of fused-ring (bicyclic) bond motifs is 1. The highest BCUT2D eigenvalue weighted by Crippen LogP contribution is 2.16. The number of aryl methyl sites for hydroxylation is 1. The van der Waals surface area contributed by atoms with Gasteiger partial charge in [0, 0.05) is 11.6 Å². The minimum atomic E-state index is 0.431. The highest BCUT2D eigenvalue weighted by molar-refractivity contribution is 6.29. The zero-order valence-electron chi connectivity index (χ0n) is 5.93. The molecule has 2 heterocycles. The van der Waals surface area contributed by atoms with Crippen molar-refractivity contribution in [2.75, 3.05) is 0 Å². The Labute approximate surface area is 68.4 Å². The number of hydrogen-bond donors (Lipinski definition) is 1. The minimum absolute atomic E-state index is 0.431. The van der Waals surface area contributed by atoms with Crippen molar-refractivity contribution in [2.24, 2.45) is 0 Å². The molecule has 3 nitrogen and oxygen atoms in total. The van der Waals surface area contributed by atoms with E-state index >= 15 is 0 Å². The van der Waals surface area contributed by atoms with Crippen molar-refractivity contribution in [3.63, 3.8) is 0 Å². The van der Waals surface area contributed by atoms with Gasteiger partial charge in [-0.1, -0.05) is 11.6 Å². The Kier molecular flexibility index (Phi) is 1.32. The fourth-order valence-electron chi connectivity index (χ4n) is 1.03. The van der Waals surface area contributed by atoms with Gasteiger partial charge < -0.3 is 4.98 Å². The maximum atomic E-state index is 5.66. The molecule has 56 valence electrons. The zero-order chi connectivity index (χ0) is 7.84. The standard InChI is InChI=1S/C7H6ClN3/c1-4-3-9-7-5(4)2-6(8)10-11-7/h2-3H,1H3,(H,9,11). The van der Waals surface area contributed by atoms with E-state index in [4.69, 9.17) is 11.6 Å². The van der Waals surface area contributed by atoms with Crippen LogP contribution >= 0.6 is 11.6 Å². The van der Waals surface area contributed by atoms with Crippen LogP contribution in [0.15, 0.2) is 12.3 Å². The Morgan fingerprint density at radius 2 is 2.27 bits per heavy atom. The maximum Gasteiger partial charge on any atom is 0.160 e. The van der Waals surface area contributed by atoms with E-state index in [0.717, 1.165) is 16.6 Å². The van der Waals surface area contributed by atoms with Crippen molar-refractivity contribution in [3.8, 4) is 0 Å². The van der Waals surface area contributed by atoms with Crippen LogP contribution in [0.2, 0.25) is 5.15 Å². The predicted molar refractivity (Wildman–Crippen MR) is 43.6 cm³/mol. The lowest BCUT2D eigenvalue weighted by molar-refractivity contribution is 1.06. The van der Waals surface area contributed by atoms with Crippen LogP contribution in [0.25, 0.3) is 11.0 Å². The molecule has 0 bridgehead atoms. The number of halogens is 1. The first-order valence-corrected chi connectivity index (χ1v) is 3.62. The van der Waals surface area contributed by atoms with Gasteiger partial charge in [-0.2, -0.15) is 0 Å². The second kappa shape index (κ2) is 2.20. The van der Waals surface area contributed by atoms with Crippen LogP contribution < -0.4 is 0 Å². The van der Waals surface area contributed by atoms with E-state index in [1.807, 2.05) is 13.1 Å². The number of hydrogen-bond acceptors (Lipinski definition) is 2. The van der Waals surface area contributed by atoms with Gasteiger partial charge in [-0.15, -0.1) is 10.2 Å². The average Bonchev–Trinajstić information content (AvgIpc) is 2.33. The molecule has 0 aliphatic carbocycles. The Balaban J connectivity index is 2.87. The number of aromatic amines is 1. The van der Waals surface area contributed by atoms with Gasteiger partial charge in [-0.3, -0.25) is 0 Å². The maximum absolute atomic E-state index is 5.66. The van der Waals surface area contributed by atoms with Crippen LogP contribution in [0.3, 0.4) is 0 Å². The van der Waals surface area contributed by atoms with Crippen LogP contribution in [0, 0.1) is 6.92 Å². The normalized spacial score (nSPS) is 10.7. The van der Waals surface area contributed by atoms with Crippen molar-refractivity contribution in [3.05, 3.63) is 23.0 Å². The quantitative estimate of drug-likeness (QED) is 0.652. The van der Waals surface area contributed by atoms with E-state index in [0.29, 0.717) is 5.15 Å². The third-order valence-corrected chi connectivity index (χ3v) is 1.80. The van der Waals surface area contributed by atoms with Gasteiger partial charge in [0.05, 0.1) is 0 Å². The zero-order valence-corrected chi connectivity index (χ0v) is 6.68. The van der Waals surface area contributed by atoms with Gasteiger partial charge in [0.25, 0.3) is 0 Å². The van der Waals surface area contributed by atoms with Crippen molar-refractivity contribution < 1.29 is 0 Å². The molecule has 0 saturated heterocycles. The molecule has 0 aromatic carbocycles. The highest BCUT2D eigenvalue weighted by atomic mass is 35.5. The van der Waals surface area contributed by atoms with Gasteiger partial charge in [0.15, 0.2) is 10.8 Å². The molecule has 0 aliphatic rings. The molecule has 0 radical (unpaired) electrons. The number of aromatic nitrogens is 3. The molecule has 0 unspecified atom stereocenters. The largest absolute Gasteiger partial charge is 0.344 e. The highest BCUT2D eigenvalue weighted by Gasteiger charge is 2.00. The second-order valence-electron chi connectivity index (χ2n) is 2.40. The summed E-state index contributed by atoms with van der Waals surface area (Å²) >= 11 is 5.66. The SMILES string of the molecule is Cc1c[nH]c2nnc(Cl)cc12. The first kappa shape index (κ1) is 6.61. The van der Waals surface area contributed by atoms with E-state index < -0.39 is 0 Å². The van der Waals surface area contributed by atoms with Crippen LogP contribution in [-0.4, -0.2) is 15.2 Å². The lowest BCUT2D eigenvalue weighted by Crippen LogP contribution is -1.82. The summed E-state index contributed by atoms with van der Waals surface area (Å²) < 4.78 is 0. The first-order valence-electron chi connectivity index (χ1n) is 3.24. The molecule has 0 saturated carbocycles. The van der Waals surface area contributed by atoms with Crippen LogP contribution in [0.1, 0.15) is 5.56 Å². The van der Waals surface area contributed by atoms with Crippen molar-refractivity contribution in [1.29, 1.82) is 0 Å². The third kappa shape index (κ3) is 0.973. The van der Waals surface area contributed by atoms with Crippen LogP contribution in [-0.2, 0) is 0 Å². The Morgan fingerprint density at radius 1 is 1.45 bits per heavy atom. The Bertz CT molecular complexity index is 393. The lowest BCUT2D eigenvalue weighted by Gasteiger charge is -1.89. The van der Waals surface area contributed by atoms with Crippen molar-refractivity contribution >= 4 is 22.6 Å². The lowest BCUT2D eigenvalue weighted by atomic mass is 10.3. The number of nitrogens with zero attached hydrogens (tertiary/aromatic N) is 2. The summed E-state index contributed by atoms with van der Waals surface area (Å²) in [4.78, 5) is 2.98. The number of rotatable bonds is 0. The van der Waals surface area contributed by atoms with Gasteiger partial charge in [-0.05, 0) is 18.6 Å². The fraction of sp³-hybridized carbons (Fsp3) is 0.143. The van der Waals surface area contributed by atoms with Crippen LogP contribution in [0.4, 0.5) is 0 Å². The van der Waals surface area contributed by atoms with Crippen molar-refractivity contribution in [2.45, 2.75) is 6.92 Å². The number of H-pyrrole nitrogens is 1. The molecule has 0 fully saturated rings. The van der Waals surface area contributed by atoms with E-state index in [2.05, 4.69) is 15.2 Å². The molecular weight excluding hydrogens is 162 g/mol. The van der Waals surface area contributed by atoms with Gasteiger partial charge in [0.2, 0.25) is 0 Å². The summed E-state index contributed by atoms with van der Waals surface area (Å²) in [5, 5.41) is 9.03. The summed E-state index contributed by atoms with van der Waals surface area (Å²) in [7, 11) is 0. The Morgan fingerprint density at radius 3 is 3.09 bits per heavy atom. The number of nitrogens with one attached hydrogen (secondary N) is 1. The molecule has 4 heteroatoms.